The fourth-order valence-electron chi connectivity index (χ4n) is 14.6. The summed E-state index contributed by atoms with van der Waals surface area (Å²) in [5, 5.41) is 21.8. The highest BCUT2D eigenvalue weighted by molar-refractivity contribution is 9.10. The average molecular weight is 1420 g/mol. The van der Waals surface area contributed by atoms with Gasteiger partial charge in [0.05, 0.1) is 55.2 Å². The quantitative estimate of drug-likeness (QED) is 0.157. The van der Waals surface area contributed by atoms with Crippen LogP contribution in [0.1, 0.15) is 0 Å². The van der Waals surface area contributed by atoms with Crippen LogP contribution in [0.4, 0.5) is 0 Å². The summed E-state index contributed by atoms with van der Waals surface area (Å²) in [5.41, 5.74) is 16.8. The molecule has 10 heteroatoms. The van der Waals surface area contributed by atoms with Gasteiger partial charge in [-0.1, -0.05) is 190 Å². The summed E-state index contributed by atoms with van der Waals surface area (Å²) in [6.45, 7) is 0. The zero-order chi connectivity index (χ0) is 66.8. The van der Waals surface area contributed by atoms with Gasteiger partial charge in [0.1, 0.15) is 28.7 Å². The van der Waals surface area contributed by atoms with Crippen LogP contribution in [0.2, 0.25) is 0 Å². The van der Waals surface area contributed by atoms with Gasteiger partial charge in [0, 0.05) is 122 Å². The van der Waals surface area contributed by atoms with Crippen molar-refractivity contribution in [2.24, 2.45) is 0 Å². The van der Waals surface area contributed by atoms with Crippen LogP contribution in [-0.2, 0) is 0 Å². The maximum Gasteiger partial charge on any atom is 0.129 e. The number of hydrogen-bond donors (Lipinski definition) is 1. The number of phenolic OH excluding ortho intramolecular Hbond substituents is 1. The molecule has 0 radical (unpaired) electrons. The molecule has 476 valence electrons. The van der Waals surface area contributed by atoms with Crippen LogP contribution in [0, 0.1) is 0 Å². The lowest BCUT2D eigenvalue weighted by molar-refractivity contribution is 0.476. The summed E-state index contributed by atoms with van der Waals surface area (Å²) < 4.78 is 27.0. The standard InChI is InChI=1S/C54H35N3O2.C18H11Br2N.C18H13NO/c1-4-14-36(15-5-1)55-49-22-12-10-20-43(49)45-28-24-39(32-51(45)55)58-41-26-30-47-48-31-27-42(35-54(48)57(53(47)34-41)38-18-8-3-9-19-38)59-40-25-29-46-44-21-11-13-23-50(44)56(52(46)33-40)37-16-6-2-7-17-37;19-12-6-8-15-16-9-7-13(20)11-18(16)21(17(15)10-12)14-4-2-1-3-5-14;20-14-10-11-16-15-8-4-5-9-17(15)19(18(16)12-14)13-6-2-1-3-7-13/h1-35H;1-11H;1-12,20H. The third-order valence-corrected chi connectivity index (χ3v) is 19.9. The predicted octanol–water partition coefficient (Wildman–Crippen LogP) is 25.4. The van der Waals surface area contributed by atoms with Crippen molar-refractivity contribution in [3.63, 3.8) is 0 Å². The zero-order valence-electron chi connectivity index (χ0n) is 53.7. The van der Waals surface area contributed by atoms with Gasteiger partial charge in [0.25, 0.3) is 0 Å². The van der Waals surface area contributed by atoms with Crippen LogP contribution in [0.3, 0.4) is 0 Å². The lowest BCUT2D eigenvalue weighted by Crippen LogP contribution is -1.95. The molecule has 0 fully saturated rings. The van der Waals surface area contributed by atoms with E-state index >= 15 is 0 Å². The number of rotatable bonds is 9. The molecule has 0 spiro atoms. The first-order valence-corrected chi connectivity index (χ1v) is 34.8. The molecule has 100 heavy (non-hydrogen) atoms. The second-order valence-electron chi connectivity index (χ2n) is 24.9. The van der Waals surface area contributed by atoms with Crippen LogP contribution in [-0.4, -0.2) is 27.9 Å². The minimum atomic E-state index is 0.289. The molecule has 8 nitrogen and oxygen atoms in total. The summed E-state index contributed by atoms with van der Waals surface area (Å²) in [7, 11) is 0. The number of phenols is 1. The molecule has 20 aromatic rings. The lowest BCUT2D eigenvalue weighted by atomic mass is 10.1. The van der Waals surface area contributed by atoms with E-state index in [2.05, 4.69) is 352 Å². The van der Waals surface area contributed by atoms with Crippen molar-refractivity contribution in [2.45, 2.75) is 0 Å². The van der Waals surface area contributed by atoms with Crippen LogP contribution >= 0.6 is 31.9 Å². The number of nitrogens with zero attached hydrogens (tertiary/aromatic N) is 5. The molecule has 15 aromatic carbocycles. The Morgan fingerprint density at radius 1 is 0.190 bits per heavy atom. The molecule has 0 aliphatic heterocycles. The molecule has 1 N–H and O–H groups in total. The van der Waals surface area contributed by atoms with Gasteiger partial charge >= 0.3 is 0 Å². The van der Waals surface area contributed by atoms with E-state index in [-0.39, 0.29) is 5.75 Å². The number of halogens is 2. The minimum Gasteiger partial charge on any atom is -0.508 e. The van der Waals surface area contributed by atoms with Crippen molar-refractivity contribution < 1.29 is 14.6 Å². The molecule has 0 atom stereocenters. The zero-order valence-corrected chi connectivity index (χ0v) is 56.9. The Bertz CT molecular complexity index is 6220. The Morgan fingerprint density at radius 3 is 0.690 bits per heavy atom. The molecule has 5 aromatic heterocycles. The third-order valence-electron chi connectivity index (χ3n) is 18.9. The second kappa shape index (κ2) is 25.3. The van der Waals surface area contributed by atoms with Gasteiger partial charge in [-0.15, -0.1) is 0 Å². The van der Waals surface area contributed by atoms with Gasteiger partial charge in [-0.25, -0.2) is 0 Å². The molecule has 20 rings (SSSR count). The Balaban J connectivity index is 0.000000142. The van der Waals surface area contributed by atoms with E-state index in [1.807, 2.05) is 48.5 Å². The summed E-state index contributed by atoms with van der Waals surface area (Å²) in [4.78, 5) is 0. The Kier molecular flexibility index (Phi) is 15.2. The lowest BCUT2D eigenvalue weighted by Gasteiger charge is -2.12. The van der Waals surface area contributed by atoms with E-state index in [1.54, 1.807) is 6.07 Å². The van der Waals surface area contributed by atoms with E-state index in [9.17, 15) is 5.11 Å². The largest absolute Gasteiger partial charge is 0.508 e. The van der Waals surface area contributed by atoms with Crippen molar-refractivity contribution in [3.8, 4) is 57.2 Å². The number of benzene rings is 15. The first-order chi connectivity index (χ1) is 49.3. The Morgan fingerprint density at radius 2 is 0.400 bits per heavy atom. The molecular formula is C90H59Br2N5O3. The molecule has 0 unspecified atom stereocenters. The van der Waals surface area contributed by atoms with Gasteiger partial charge in [0.2, 0.25) is 0 Å². The molecule has 0 aliphatic rings. The molecule has 0 aliphatic carbocycles. The number of hydrogen-bond acceptors (Lipinski definition) is 3. The SMILES string of the molecule is Brc1ccc2c3ccc(Br)cc3n(-c3ccccc3)c2c1.Oc1ccc2c3ccccc3n(-c3ccccc3)c2c1.c1ccc(-n2c3ccccc3c3ccc(Oc4ccc5c6ccc(Oc7ccc8c9ccccc9n(-c9ccccc9)c8c7)cc6n(-c6ccccc6)c5c4)cc32)cc1. The van der Waals surface area contributed by atoms with E-state index in [4.69, 9.17) is 9.47 Å². The van der Waals surface area contributed by atoms with E-state index < -0.39 is 0 Å². The van der Waals surface area contributed by atoms with Crippen LogP contribution < -0.4 is 9.47 Å². The number of aromatic nitrogens is 5. The Labute approximate surface area is 592 Å². The van der Waals surface area contributed by atoms with Crippen LogP contribution in [0.5, 0.6) is 28.7 Å². The van der Waals surface area contributed by atoms with Crippen molar-refractivity contribution in [1.29, 1.82) is 0 Å². The first kappa shape index (κ1) is 60.1. The van der Waals surface area contributed by atoms with Crippen molar-refractivity contribution >= 4 is 141 Å². The monoisotopic (exact) mass is 1420 g/mol. The topological polar surface area (TPSA) is 63.3 Å². The van der Waals surface area contributed by atoms with E-state index in [1.165, 1.54) is 65.5 Å². The van der Waals surface area contributed by atoms with E-state index in [0.29, 0.717) is 0 Å². The predicted molar refractivity (Wildman–Crippen MR) is 421 cm³/mol. The number of aromatic hydroxyl groups is 1. The number of ether oxygens (including phenoxy) is 2. The normalized spacial score (nSPS) is 11.5. The highest BCUT2D eigenvalue weighted by Crippen LogP contribution is 2.43. The first-order valence-electron chi connectivity index (χ1n) is 33.2. The molecule has 0 saturated carbocycles. The maximum absolute atomic E-state index is 9.81. The van der Waals surface area contributed by atoms with Gasteiger partial charge in [-0.3, -0.25) is 0 Å². The minimum absolute atomic E-state index is 0.289. The Hall–Kier alpha value is -12.3. The summed E-state index contributed by atoms with van der Waals surface area (Å²) in [6.07, 6.45) is 0. The van der Waals surface area contributed by atoms with Crippen molar-refractivity contribution in [1.82, 2.24) is 22.8 Å². The van der Waals surface area contributed by atoms with Gasteiger partial charge in [-0.05, 0) is 164 Å². The average Bonchev–Trinajstić information content (AvgIpc) is 1.51. The van der Waals surface area contributed by atoms with Crippen LogP contribution in [0.25, 0.3) is 137 Å². The number of para-hydroxylation sites is 8. The van der Waals surface area contributed by atoms with Crippen molar-refractivity contribution in [3.05, 3.63) is 361 Å². The molecule has 0 amide bonds. The van der Waals surface area contributed by atoms with Gasteiger partial charge in [0.15, 0.2) is 0 Å². The molecular weight excluding hydrogens is 1360 g/mol. The van der Waals surface area contributed by atoms with Crippen molar-refractivity contribution in [2.75, 3.05) is 0 Å². The third kappa shape index (κ3) is 10.7. The highest BCUT2D eigenvalue weighted by atomic mass is 79.9. The molecule has 0 saturated heterocycles. The highest BCUT2D eigenvalue weighted by Gasteiger charge is 2.20. The number of fused-ring (bicyclic) bond motifs is 15. The summed E-state index contributed by atoms with van der Waals surface area (Å²) >= 11 is 7.18. The molecule has 0 bridgehead atoms. The maximum atomic E-state index is 9.81. The summed E-state index contributed by atoms with van der Waals surface area (Å²) in [5.74, 6) is 3.37. The van der Waals surface area contributed by atoms with Gasteiger partial charge < -0.3 is 37.4 Å². The smallest absolute Gasteiger partial charge is 0.129 e. The fourth-order valence-corrected chi connectivity index (χ4v) is 15.3. The van der Waals surface area contributed by atoms with Gasteiger partial charge in [-0.2, -0.15) is 0 Å². The molecule has 5 heterocycles. The second-order valence-corrected chi connectivity index (χ2v) is 26.7. The van der Waals surface area contributed by atoms with E-state index in [0.717, 1.165) is 104 Å². The fraction of sp³-hybridized carbons (Fsp3) is 0. The van der Waals surface area contributed by atoms with Crippen LogP contribution in [0.15, 0.2) is 361 Å². The summed E-state index contributed by atoms with van der Waals surface area (Å²) in [6, 6.07) is 122.